The average molecular weight is 255 g/mol. The van der Waals surface area contributed by atoms with Crippen LogP contribution in [0.25, 0.3) is 0 Å². The van der Waals surface area contributed by atoms with Crippen molar-refractivity contribution in [1.29, 1.82) is 0 Å². The topological polar surface area (TPSA) is 67.6 Å². The van der Waals surface area contributed by atoms with E-state index in [-0.39, 0.29) is 11.9 Å². The van der Waals surface area contributed by atoms with Crippen molar-refractivity contribution >= 4 is 5.91 Å². The molecule has 0 aromatic rings. The van der Waals surface area contributed by atoms with Crippen molar-refractivity contribution in [3.63, 3.8) is 0 Å². The number of nitrogens with one attached hydrogen (secondary N) is 1. The zero-order chi connectivity index (χ0) is 12.8. The van der Waals surface area contributed by atoms with Gasteiger partial charge in [0.1, 0.15) is 0 Å². The van der Waals surface area contributed by atoms with Gasteiger partial charge in [0.05, 0.1) is 13.2 Å². The van der Waals surface area contributed by atoms with Crippen LogP contribution in [0.15, 0.2) is 0 Å². The predicted molar refractivity (Wildman–Crippen MR) is 70.2 cm³/mol. The Bertz CT molecular complexity index is 267. The van der Waals surface area contributed by atoms with Gasteiger partial charge in [-0.1, -0.05) is 6.42 Å². The number of carbonyl (C=O) groups is 1. The molecule has 0 unspecified atom stereocenters. The minimum Gasteiger partial charge on any atom is -0.379 e. The van der Waals surface area contributed by atoms with Crippen LogP contribution in [0.3, 0.4) is 0 Å². The van der Waals surface area contributed by atoms with Crippen LogP contribution in [0.1, 0.15) is 25.7 Å². The monoisotopic (exact) mass is 255 g/mol. The third-order valence-electron chi connectivity index (χ3n) is 4.02. The van der Waals surface area contributed by atoms with Gasteiger partial charge in [-0.2, -0.15) is 0 Å². The molecule has 2 fully saturated rings. The van der Waals surface area contributed by atoms with Crippen LogP contribution in [0, 0.1) is 5.92 Å². The molecule has 2 rings (SSSR count). The molecule has 18 heavy (non-hydrogen) atoms. The minimum absolute atomic E-state index is 0.158. The van der Waals surface area contributed by atoms with E-state index in [2.05, 4.69) is 10.2 Å². The van der Waals surface area contributed by atoms with Gasteiger partial charge in [-0.25, -0.2) is 0 Å². The molecule has 0 bridgehead atoms. The lowest BCUT2D eigenvalue weighted by molar-refractivity contribution is -0.122. The molecule has 2 aliphatic rings. The SMILES string of the molecule is N[C@@H]1CCC[C@H]1CC(=O)NCCN1CCOCC1. The summed E-state index contributed by atoms with van der Waals surface area (Å²) in [5.41, 5.74) is 5.97. The van der Waals surface area contributed by atoms with Crippen molar-refractivity contribution in [3.8, 4) is 0 Å². The molecule has 0 aromatic heterocycles. The van der Waals surface area contributed by atoms with E-state index in [1.165, 1.54) is 6.42 Å². The zero-order valence-electron chi connectivity index (χ0n) is 11.1. The maximum atomic E-state index is 11.8. The van der Waals surface area contributed by atoms with Crippen LogP contribution in [0.2, 0.25) is 0 Å². The summed E-state index contributed by atoms with van der Waals surface area (Å²) in [5.74, 6) is 0.555. The van der Waals surface area contributed by atoms with E-state index in [0.29, 0.717) is 12.3 Å². The maximum Gasteiger partial charge on any atom is 0.220 e. The van der Waals surface area contributed by atoms with Crippen molar-refractivity contribution < 1.29 is 9.53 Å². The van der Waals surface area contributed by atoms with Crippen LogP contribution in [0.4, 0.5) is 0 Å². The molecule has 1 saturated carbocycles. The van der Waals surface area contributed by atoms with Crippen LogP contribution >= 0.6 is 0 Å². The van der Waals surface area contributed by atoms with E-state index in [1.807, 2.05) is 0 Å². The van der Waals surface area contributed by atoms with Crippen LogP contribution in [-0.4, -0.2) is 56.2 Å². The predicted octanol–water partition coefficient (Wildman–Crippen LogP) is -0.0477. The molecule has 1 aliphatic carbocycles. The molecule has 0 spiro atoms. The molecule has 1 saturated heterocycles. The number of hydrogen-bond acceptors (Lipinski definition) is 4. The standard InChI is InChI=1S/C13H25N3O2/c14-12-3-1-2-11(12)10-13(17)15-4-5-16-6-8-18-9-7-16/h11-12H,1-10,14H2,(H,15,17)/t11-,12+/m0/s1. The Morgan fingerprint density at radius 2 is 2.11 bits per heavy atom. The first-order chi connectivity index (χ1) is 8.75. The van der Waals surface area contributed by atoms with Crippen molar-refractivity contribution in [1.82, 2.24) is 10.2 Å². The van der Waals surface area contributed by atoms with Crippen molar-refractivity contribution in [2.45, 2.75) is 31.7 Å². The Balaban J connectivity index is 1.56. The van der Waals surface area contributed by atoms with E-state index >= 15 is 0 Å². The molecule has 0 aromatic carbocycles. The Hall–Kier alpha value is -0.650. The van der Waals surface area contributed by atoms with E-state index in [0.717, 1.165) is 52.2 Å². The second-order valence-electron chi connectivity index (χ2n) is 5.36. The maximum absolute atomic E-state index is 11.8. The smallest absolute Gasteiger partial charge is 0.220 e. The normalized spacial score (nSPS) is 29.4. The summed E-state index contributed by atoms with van der Waals surface area (Å²) in [5, 5.41) is 3.00. The van der Waals surface area contributed by atoms with Gasteiger partial charge in [0.25, 0.3) is 0 Å². The molecule has 104 valence electrons. The summed E-state index contributed by atoms with van der Waals surface area (Å²) in [4.78, 5) is 14.1. The van der Waals surface area contributed by atoms with Gasteiger partial charge in [0.2, 0.25) is 5.91 Å². The fourth-order valence-electron chi connectivity index (χ4n) is 2.81. The van der Waals surface area contributed by atoms with Crippen molar-refractivity contribution in [2.75, 3.05) is 39.4 Å². The first kappa shape index (κ1) is 13.8. The number of nitrogens with two attached hydrogens (primary N) is 1. The Kier molecular flexibility index (Phi) is 5.41. The largest absolute Gasteiger partial charge is 0.379 e. The highest BCUT2D eigenvalue weighted by molar-refractivity contribution is 5.76. The molecule has 3 N–H and O–H groups in total. The highest BCUT2D eigenvalue weighted by Crippen LogP contribution is 2.26. The average Bonchev–Trinajstić information content (AvgIpc) is 2.76. The third-order valence-corrected chi connectivity index (χ3v) is 4.02. The quantitative estimate of drug-likeness (QED) is 0.723. The second-order valence-corrected chi connectivity index (χ2v) is 5.36. The van der Waals surface area contributed by atoms with Gasteiger partial charge in [0, 0.05) is 38.6 Å². The number of carbonyl (C=O) groups excluding carboxylic acids is 1. The molecular formula is C13H25N3O2. The summed E-state index contributed by atoms with van der Waals surface area (Å²) in [6.07, 6.45) is 3.96. The number of amides is 1. The fraction of sp³-hybridized carbons (Fsp3) is 0.923. The summed E-state index contributed by atoms with van der Waals surface area (Å²) in [6.45, 7) is 5.23. The van der Waals surface area contributed by atoms with E-state index in [4.69, 9.17) is 10.5 Å². The second kappa shape index (κ2) is 7.07. The Morgan fingerprint density at radius 3 is 2.78 bits per heavy atom. The molecule has 5 nitrogen and oxygen atoms in total. The van der Waals surface area contributed by atoms with Crippen LogP contribution < -0.4 is 11.1 Å². The van der Waals surface area contributed by atoms with Crippen LogP contribution in [-0.2, 0) is 9.53 Å². The number of morpholine rings is 1. The molecule has 1 amide bonds. The number of nitrogens with zero attached hydrogens (tertiary/aromatic N) is 1. The lowest BCUT2D eigenvalue weighted by Crippen LogP contribution is -2.41. The number of ether oxygens (including phenoxy) is 1. The summed E-state index contributed by atoms with van der Waals surface area (Å²) >= 11 is 0. The van der Waals surface area contributed by atoms with E-state index in [1.54, 1.807) is 0 Å². The number of hydrogen-bond donors (Lipinski definition) is 2. The molecule has 2 atom stereocenters. The highest BCUT2D eigenvalue weighted by atomic mass is 16.5. The van der Waals surface area contributed by atoms with Gasteiger partial charge in [-0.3, -0.25) is 9.69 Å². The van der Waals surface area contributed by atoms with E-state index in [9.17, 15) is 4.79 Å². The molecule has 5 heteroatoms. The fourth-order valence-corrected chi connectivity index (χ4v) is 2.81. The molecule has 0 radical (unpaired) electrons. The van der Waals surface area contributed by atoms with Gasteiger partial charge >= 0.3 is 0 Å². The molecular weight excluding hydrogens is 230 g/mol. The first-order valence-corrected chi connectivity index (χ1v) is 7.08. The highest BCUT2D eigenvalue weighted by Gasteiger charge is 2.25. The third kappa shape index (κ3) is 4.23. The lowest BCUT2D eigenvalue weighted by atomic mass is 10.00. The first-order valence-electron chi connectivity index (χ1n) is 7.08. The van der Waals surface area contributed by atoms with Gasteiger partial charge in [0.15, 0.2) is 0 Å². The van der Waals surface area contributed by atoms with E-state index < -0.39 is 0 Å². The van der Waals surface area contributed by atoms with Crippen LogP contribution in [0.5, 0.6) is 0 Å². The minimum atomic E-state index is 0.158. The van der Waals surface area contributed by atoms with Gasteiger partial charge in [-0.15, -0.1) is 0 Å². The summed E-state index contributed by atoms with van der Waals surface area (Å²) in [6, 6.07) is 0.231. The lowest BCUT2D eigenvalue weighted by Gasteiger charge is -2.26. The summed E-state index contributed by atoms with van der Waals surface area (Å²) in [7, 11) is 0. The Morgan fingerprint density at radius 1 is 1.33 bits per heavy atom. The van der Waals surface area contributed by atoms with Gasteiger partial charge < -0.3 is 15.8 Å². The number of rotatable bonds is 5. The summed E-state index contributed by atoms with van der Waals surface area (Å²) < 4.78 is 5.28. The van der Waals surface area contributed by atoms with Crippen molar-refractivity contribution in [3.05, 3.63) is 0 Å². The van der Waals surface area contributed by atoms with Crippen molar-refractivity contribution in [2.24, 2.45) is 11.7 Å². The molecule has 1 aliphatic heterocycles. The van der Waals surface area contributed by atoms with Gasteiger partial charge in [-0.05, 0) is 18.8 Å². The Labute approximate surface area is 109 Å². The zero-order valence-corrected chi connectivity index (χ0v) is 11.1. The molecule has 1 heterocycles.